The van der Waals surface area contributed by atoms with Crippen LogP contribution in [0.3, 0.4) is 0 Å². The first kappa shape index (κ1) is 12.9. The van der Waals surface area contributed by atoms with Crippen LogP contribution in [0.4, 0.5) is 5.69 Å². The minimum Gasteiger partial charge on any atom is -0.508 e. The van der Waals surface area contributed by atoms with Gasteiger partial charge in [0.25, 0.3) is 5.91 Å². The number of benzene rings is 2. The summed E-state index contributed by atoms with van der Waals surface area (Å²) in [6, 6.07) is 11.3. The molecule has 5 heteroatoms. The lowest BCUT2D eigenvalue weighted by molar-refractivity contribution is 0.102. The SMILES string of the molecule is O=C(Nc1cccc(O)c1)c1cc(Cl)ccc1Br. The van der Waals surface area contributed by atoms with Crippen LogP contribution in [0.15, 0.2) is 46.9 Å². The summed E-state index contributed by atoms with van der Waals surface area (Å²) in [4.78, 5) is 12.0. The largest absolute Gasteiger partial charge is 0.508 e. The molecule has 18 heavy (non-hydrogen) atoms. The zero-order chi connectivity index (χ0) is 13.1. The fourth-order valence-corrected chi connectivity index (χ4v) is 2.05. The van der Waals surface area contributed by atoms with Crippen molar-refractivity contribution in [3.63, 3.8) is 0 Å². The van der Waals surface area contributed by atoms with Crippen molar-refractivity contribution in [2.75, 3.05) is 5.32 Å². The zero-order valence-corrected chi connectivity index (χ0v) is 11.5. The summed E-state index contributed by atoms with van der Waals surface area (Å²) in [5.74, 6) is -0.201. The fourth-order valence-electron chi connectivity index (χ4n) is 1.45. The van der Waals surface area contributed by atoms with Gasteiger partial charge < -0.3 is 10.4 Å². The third-order valence-corrected chi connectivity index (χ3v) is 3.20. The van der Waals surface area contributed by atoms with Crippen molar-refractivity contribution in [1.82, 2.24) is 0 Å². The van der Waals surface area contributed by atoms with Crippen molar-refractivity contribution in [3.8, 4) is 5.75 Å². The van der Waals surface area contributed by atoms with E-state index in [0.29, 0.717) is 20.7 Å². The van der Waals surface area contributed by atoms with Crippen molar-refractivity contribution in [2.24, 2.45) is 0 Å². The second-order valence-electron chi connectivity index (χ2n) is 3.63. The number of carbonyl (C=O) groups excluding carboxylic acids is 1. The Kier molecular flexibility index (Phi) is 3.89. The van der Waals surface area contributed by atoms with E-state index >= 15 is 0 Å². The summed E-state index contributed by atoms with van der Waals surface area (Å²) >= 11 is 9.14. The van der Waals surface area contributed by atoms with Gasteiger partial charge in [-0.25, -0.2) is 0 Å². The smallest absolute Gasteiger partial charge is 0.256 e. The number of phenolic OH excluding ortho intramolecular Hbond substituents is 1. The van der Waals surface area contributed by atoms with Gasteiger partial charge in [0.15, 0.2) is 0 Å². The predicted molar refractivity (Wildman–Crippen MR) is 75.2 cm³/mol. The molecule has 2 aromatic carbocycles. The van der Waals surface area contributed by atoms with Gasteiger partial charge in [0.2, 0.25) is 0 Å². The number of aromatic hydroxyl groups is 1. The van der Waals surface area contributed by atoms with Gasteiger partial charge in [-0.3, -0.25) is 4.79 Å². The zero-order valence-electron chi connectivity index (χ0n) is 9.15. The third-order valence-electron chi connectivity index (χ3n) is 2.28. The molecule has 0 fully saturated rings. The van der Waals surface area contributed by atoms with E-state index in [4.69, 9.17) is 11.6 Å². The molecule has 0 aliphatic carbocycles. The summed E-state index contributed by atoms with van der Waals surface area (Å²) in [6.45, 7) is 0. The number of halogens is 2. The van der Waals surface area contributed by atoms with Crippen LogP contribution in [0.5, 0.6) is 5.75 Å². The summed E-state index contributed by atoms with van der Waals surface area (Å²) < 4.78 is 0.657. The highest BCUT2D eigenvalue weighted by atomic mass is 79.9. The molecule has 0 atom stereocenters. The summed E-state index contributed by atoms with van der Waals surface area (Å²) in [7, 11) is 0. The molecule has 2 N–H and O–H groups in total. The Hall–Kier alpha value is -1.52. The molecule has 0 heterocycles. The predicted octanol–water partition coefficient (Wildman–Crippen LogP) is 4.06. The van der Waals surface area contributed by atoms with Crippen LogP contribution in [-0.4, -0.2) is 11.0 Å². The molecule has 2 rings (SSSR count). The van der Waals surface area contributed by atoms with E-state index in [-0.39, 0.29) is 11.7 Å². The Morgan fingerprint density at radius 2 is 2.00 bits per heavy atom. The van der Waals surface area contributed by atoms with E-state index in [2.05, 4.69) is 21.2 Å². The summed E-state index contributed by atoms with van der Waals surface area (Å²) in [6.07, 6.45) is 0. The summed E-state index contributed by atoms with van der Waals surface area (Å²) in [5.41, 5.74) is 0.956. The molecule has 0 spiro atoms. The molecule has 92 valence electrons. The first-order valence-corrected chi connectivity index (χ1v) is 6.29. The van der Waals surface area contributed by atoms with Gasteiger partial charge in [-0.2, -0.15) is 0 Å². The van der Waals surface area contributed by atoms with Crippen LogP contribution in [-0.2, 0) is 0 Å². The van der Waals surface area contributed by atoms with Crippen LogP contribution in [0.2, 0.25) is 5.02 Å². The number of hydrogen-bond acceptors (Lipinski definition) is 2. The van der Waals surface area contributed by atoms with E-state index < -0.39 is 0 Å². The Balaban J connectivity index is 2.24. The van der Waals surface area contributed by atoms with E-state index in [1.165, 1.54) is 12.1 Å². The maximum absolute atomic E-state index is 12.0. The molecule has 1 amide bonds. The molecule has 0 aromatic heterocycles. The number of carbonyl (C=O) groups is 1. The Morgan fingerprint density at radius 3 is 2.72 bits per heavy atom. The van der Waals surface area contributed by atoms with Crippen LogP contribution in [0.1, 0.15) is 10.4 Å². The Morgan fingerprint density at radius 1 is 1.22 bits per heavy atom. The highest BCUT2D eigenvalue weighted by Gasteiger charge is 2.11. The van der Waals surface area contributed by atoms with E-state index in [9.17, 15) is 9.90 Å². The monoisotopic (exact) mass is 325 g/mol. The number of hydrogen-bond donors (Lipinski definition) is 2. The van der Waals surface area contributed by atoms with Crippen molar-refractivity contribution < 1.29 is 9.90 Å². The van der Waals surface area contributed by atoms with Gasteiger partial charge in [-0.05, 0) is 46.3 Å². The van der Waals surface area contributed by atoms with Crippen LogP contribution in [0, 0.1) is 0 Å². The van der Waals surface area contributed by atoms with E-state index in [0.717, 1.165) is 0 Å². The highest BCUT2D eigenvalue weighted by Crippen LogP contribution is 2.23. The van der Waals surface area contributed by atoms with Crippen LogP contribution in [0.25, 0.3) is 0 Å². The highest BCUT2D eigenvalue weighted by molar-refractivity contribution is 9.10. The average molecular weight is 327 g/mol. The van der Waals surface area contributed by atoms with Crippen molar-refractivity contribution in [1.29, 1.82) is 0 Å². The maximum atomic E-state index is 12.0. The lowest BCUT2D eigenvalue weighted by Crippen LogP contribution is -2.12. The molecule has 2 aromatic rings. The first-order valence-electron chi connectivity index (χ1n) is 5.12. The lowest BCUT2D eigenvalue weighted by Gasteiger charge is -2.07. The quantitative estimate of drug-likeness (QED) is 0.874. The molecule has 0 saturated heterocycles. The minimum absolute atomic E-state index is 0.0953. The number of anilines is 1. The molecule has 0 aliphatic rings. The molecule has 0 unspecified atom stereocenters. The van der Waals surface area contributed by atoms with E-state index in [1.807, 2.05) is 0 Å². The number of phenols is 1. The Labute approximate surface area is 118 Å². The Bertz CT molecular complexity index is 601. The van der Waals surface area contributed by atoms with Gasteiger partial charge in [0, 0.05) is 21.2 Å². The summed E-state index contributed by atoms with van der Waals surface area (Å²) in [5, 5.41) is 12.5. The molecule has 0 radical (unpaired) electrons. The molecular formula is C13H9BrClNO2. The normalized spacial score (nSPS) is 10.1. The molecule has 0 saturated carbocycles. The van der Waals surface area contributed by atoms with Gasteiger partial charge in [-0.15, -0.1) is 0 Å². The van der Waals surface area contributed by atoms with Crippen molar-refractivity contribution >= 4 is 39.1 Å². The van der Waals surface area contributed by atoms with Gasteiger partial charge in [-0.1, -0.05) is 17.7 Å². The number of nitrogens with one attached hydrogen (secondary N) is 1. The van der Waals surface area contributed by atoms with Gasteiger partial charge in [0.05, 0.1) is 5.56 Å². The van der Waals surface area contributed by atoms with Crippen molar-refractivity contribution in [2.45, 2.75) is 0 Å². The van der Waals surface area contributed by atoms with Crippen LogP contribution < -0.4 is 5.32 Å². The van der Waals surface area contributed by atoms with E-state index in [1.54, 1.807) is 30.3 Å². The topological polar surface area (TPSA) is 49.3 Å². The van der Waals surface area contributed by atoms with Crippen LogP contribution >= 0.6 is 27.5 Å². The maximum Gasteiger partial charge on any atom is 0.256 e. The lowest BCUT2D eigenvalue weighted by atomic mass is 10.2. The number of rotatable bonds is 2. The molecule has 0 aliphatic heterocycles. The van der Waals surface area contributed by atoms with Crippen molar-refractivity contribution in [3.05, 3.63) is 57.5 Å². The standard InChI is InChI=1S/C13H9BrClNO2/c14-12-5-4-8(15)6-11(12)13(18)16-9-2-1-3-10(17)7-9/h1-7,17H,(H,16,18). The second kappa shape index (κ2) is 5.42. The molecule has 3 nitrogen and oxygen atoms in total. The number of amides is 1. The average Bonchev–Trinajstić information content (AvgIpc) is 2.32. The third kappa shape index (κ3) is 3.03. The molecular weight excluding hydrogens is 318 g/mol. The first-order chi connectivity index (χ1) is 8.56. The van der Waals surface area contributed by atoms with Gasteiger partial charge >= 0.3 is 0 Å². The minimum atomic E-state index is -0.296. The fraction of sp³-hybridized carbons (Fsp3) is 0. The second-order valence-corrected chi connectivity index (χ2v) is 4.92. The molecule has 0 bridgehead atoms. The van der Waals surface area contributed by atoms with Gasteiger partial charge in [0.1, 0.15) is 5.75 Å².